The van der Waals surface area contributed by atoms with Crippen molar-refractivity contribution in [2.75, 3.05) is 13.6 Å². The molecule has 0 fully saturated rings. The zero-order chi connectivity index (χ0) is 14.6. The largest absolute Gasteiger partial charge is 0.477 e. The Labute approximate surface area is 119 Å². The van der Waals surface area contributed by atoms with Gasteiger partial charge in [0, 0.05) is 5.41 Å². The van der Waals surface area contributed by atoms with Crippen molar-refractivity contribution in [1.82, 2.24) is 9.88 Å². The van der Waals surface area contributed by atoms with Gasteiger partial charge in [-0.2, -0.15) is 0 Å². The van der Waals surface area contributed by atoms with Crippen LogP contribution < -0.4 is 0 Å². The molecule has 0 saturated carbocycles. The number of carboxylic acids is 1. The smallest absolute Gasteiger partial charge is 0.347 e. The molecule has 1 aromatic rings. The van der Waals surface area contributed by atoms with Crippen LogP contribution in [0.5, 0.6) is 0 Å². The van der Waals surface area contributed by atoms with E-state index in [2.05, 4.69) is 16.8 Å². The Bertz CT molecular complexity index is 435. The minimum atomic E-state index is -0.870. The highest BCUT2D eigenvalue weighted by atomic mass is 32.1. The van der Waals surface area contributed by atoms with Crippen LogP contribution in [0.1, 0.15) is 60.9 Å². The van der Waals surface area contributed by atoms with Gasteiger partial charge >= 0.3 is 5.97 Å². The Morgan fingerprint density at radius 3 is 2.47 bits per heavy atom. The summed E-state index contributed by atoms with van der Waals surface area (Å²) >= 11 is 1.30. The minimum Gasteiger partial charge on any atom is -0.477 e. The Hall–Kier alpha value is -0.940. The van der Waals surface area contributed by atoms with Crippen molar-refractivity contribution in [2.45, 2.75) is 52.5 Å². The number of carboxylic acid groups (broad SMARTS) is 1. The van der Waals surface area contributed by atoms with Gasteiger partial charge in [0.2, 0.25) is 0 Å². The van der Waals surface area contributed by atoms with Crippen LogP contribution >= 0.6 is 11.3 Å². The molecule has 0 aromatic carbocycles. The summed E-state index contributed by atoms with van der Waals surface area (Å²) in [6, 6.07) is 0. The van der Waals surface area contributed by atoms with E-state index in [4.69, 9.17) is 0 Å². The molecule has 0 aliphatic carbocycles. The molecule has 1 N–H and O–H groups in total. The van der Waals surface area contributed by atoms with Gasteiger partial charge in [-0.1, -0.05) is 34.1 Å². The number of hydrogen-bond donors (Lipinski definition) is 1. The van der Waals surface area contributed by atoms with Crippen molar-refractivity contribution in [3.63, 3.8) is 0 Å². The monoisotopic (exact) mass is 284 g/mol. The van der Waals surface area contributed by atoms with Crippen LogP contribution in [-0.2, 0) is 12.0 Å². The molecule has 5 heteroatoms. The third-order valence-electron chi connectivity index (χ3n) is 2.87. The summed E-state index contributed by atoms with van der Waals surface area (Å²) in [5.74, 6) is -0.870. The molecule has 0 saturated heterocycles. The van der Waals surface area contributed by atoms with E-state index < -0.39 is 5.97 Å². The molecule has 0 aliphatic heterocycles. The standard InChI is InChI=1S/C14H24N2O2S/c1-6-7-8-16(5)9-10-15-12(14(2,3)4)11(19-10)13(17)18/h6-9H2,1-5H3,(H,17,18). The molecule has 1 rings (SSSR count). The highest BCUT2D eigenvalue weighted by Gasteiger charge is 2.27. The van der Waals surface area contributed by atoms with E-state index in [0.717, 1.165) is 30.9 Å². The van der Waals surface area contributed by atoms with E-state index in [9.17, 15) is 9.90 Å². The van der Waals surface area contributed by atoms with Crippen molar-refractivity contribution < 1.29 is 9.90 Å². The Morgan fingerprint density at radius 1 is 1.42 bits per heavy atom. The molecule has 108 valence electrons. The summed E-state index contributed by atoms with van der Waals surface area (Å²) in [4.78, 5) is 18.4. The second-order valence-electron chi connectivity index (χ2n) is 5.93. The van der Waals surface area contributed by atoms with Crippen LogP contribution in [0.4, 0.5) is 0 Å². The molecule has 0 spiro atoms. The van der Waals surface area contributed by atoms with Crippen LogP contribution in [0, 0.1) is 0 Å². The maximum atomic E-state index is 11.3. The van der Waals surface area contributed by atoms with Gasteiger partial charge in [0.25, 0.3) is 0 Å². The van der Waals surface area contributed by atoms with Crippen molar-refractivity contribution >= 4 is 17.3 Å². The topological polar surface area (TPSA) is 53.4 Å². The highest BCUT2D eigenvalue weighted by Crippen LogP contribution is 2.30. The lowest BCUT2D eigenvalue weighted by atomic mass is 9.91. The van der Waals surface area contributed by atoms with Gasteiger partial charge < -0.3 is 5.11 Å². The summed E-state index contributed by atoms with van der Waals surface area (Å²) in [6.45, 7) is 9.90. The Balaban J connectivity index is 2.90. The zero-order valence-corrected chi connectivity index (χ0v) is 13.3. The van der Waals surface area contributed by atoms with Crippen LogP contribution in [-0.4, -0.2) is 34.6 Å². The molecule has 0 aliphatic rings. The van der Waals surface area contributed by atoms with Gasteiger partial charge in [-0.25, -0.2) is 9.78 Å². The first kappa shape index (κ1) is 16.1. The van der Waals surface area contributed by atoms with Gasteiger partial charge in [-0.3, -0.25) is 4.90 Å². The molecule has 0 unspecified atom stereocenters. The fourth-order valence-corrected chi connectivity index (χ4v) is 3.02. The maximum Gasteiger partial charge on any atom is 0.347 e. The first-order valence-electron chi connectivity index (χ1n) is 6.67. The second kappa shape index (κ2) is 6.48. The fraction of sp³-hybridized carbons (Fsp3) is 0.714. The third kappa shape index (κ3) is 4.58. The minimum absolute atomic E-state index is 0.232. The summed E-state index contributed by atoms with van der Waals surface area (Å²) < 4.78 is 0. The predicted molar refractivity (Wildman–Crippen MR) is 79.0 cm³/mol. The molecule has 0 atom stereocenters. The maximum absolute atomic E-state index is 11.3. The normalized spacial score (nSPS) is 12.1. The summed E-state index contributed by atoms with van der Waals surface area (Å²) in [5.41, 5.74) is 0.466. The quantitative estimate of drug-likeness (QED) is 0.870. The van der Waals surface area contributed by atoms with Gasteiger partial charge in [-0.15, -0.1) is 11.3 Å². The molecule has 1 heterocycles. The fourth-order valence-electron chi connectivity index (χ4n) is 1.82. The number of rotatable bonds is 6. The van der Waals surface area contributed by atoms with Crippen LogP contribution in [0.15, 0.2) is 0 Å². The van der Waals surface area contributed by atoms with E-state index in [0.29, 0.717) is 10.6 Å². The number of unbranched alkanes of at least 4 members (excludes halogenated alkanes) is 1. The third-order valence-corrected chi connectivity index (χ3v) is 3.90. The van der Waals surface area contributed by atoms with Crippen molar-refractivity contribution in [3.8, 4) is 0 Å². The average molecular weight is 284 g/mol. The van der Waals surface area contributed by atoms with Gasteiger partial charge in [0.1, 0.15) is 9.88 Å². The summed E-state index contributed by atoms with van der Waals surface area (Å²) in [5, 5.41) is 10.2. The first-order chi connectivity index (χ1) is 8.75. The van der Waals surface area contributed by atoms with Crippen molar-refractivity contribution in [3.05, 3.63) is 15.6 Å². The predicted octanol–water partition coefficient (Wildman–Crippen LogP) is 3.37. The van der Waals surface area contributed by atoms with Crippen LogP contribution in [0.3, 0.4) is 0 Å². The van der Waals surface area contributed by atoms with E-state index in [-0.39, 0.29) is 5.41 Å². The van der Waals surface area contributed by atoms with Crippen molar-refractivity contribution in [1.29, 1.82) is 0 Å². The van der Waals surface area contributed by atoms with Gasteiger partial charge in [0.05, 0.1) is 12.2 Å². The highest BCUT2D eigenvalue weighted by molar-refractivity contribution is 7.13. The SMILES string of the molecule is CCCCN(C)Cc1nc(C(C)(C)C)c(C(=O)O)s1. The number of hydrogen-bond acceptors (Lipinski definition) is 4. The lowest BCUT2D eigenvalue weighted by molar-refractivity contribution is 0.0699. The zero-order valence-electron chi connectivity index (χ0n) is 12.5. The number of aromatic carboxylic acids is 1. The number of thiazole rings is 1. The van der Waals surface area contributed by atoms with E-state index in [1.54, 1.807) is 0 Å². The molecular formula is C14H24N2O2S. The first-order valence-corrected chi connectivity index (χ1v) is 7.49. The second-order valence-corrected chi connectivity index (χ2v) is 7.02. The van der Waals surface area contributed by atoms with Crippen LogP contribution in [0.25, 0.3) is 0 Å². The van der Waals surface area contributed by atoms with Crippen molar-refractivity contribution in [2.24, 2.45) is 0 Å². The number of carbonyl (C=O) groups is 1. The Morgan fingerprint density at radius 2 is 2.05 bits per heavy atom. The van der Waals surface area contributed by atoms with E-state index in [1.807, 2.05) is 27.8 Å². The molecule has 4 nitrogen and oxygen atoms in total. The van der Waals surface area contributed by atoms with Gasteiger partial charge in [-0.05, 0) is 20.0 Å². The van der Waals surface area contributed by atoms with E-state index in [1.165, 1.54) is 11.3 Å². The van der Waals surface area contributed by atoms with Gasteiger partial charge in [0.15, 0.2) is 0 Å². The molecule has 1 aromatic heterocycles. The molecule has 0 bridgehead atoms. The molecule has 19 heavy (non-hydrogen) atoms. The average Bonchev–Trinajstić information content (AvgIpc) is 2.70. The number of nitrogens with zero attached hydrogens (tertiary/aromatic N) is 2. The van der Waals surface area contributed by atoms with Crippen LogP contribution in [0.2, 0.25) is 0 Å². The summed E-state index contributed by atoms with van der Waals surface area (Å²) in [7, 11) is 2.05. The summed E-state index contributed by atoms with van der Waals surface area (Å²) in [6.07, 6.45) is 2.32. The van der Waals surface area contributed by atoms with E-state index >= 15 is 0 Å². The molecule has 0 radical (unpaired) electrons. The Kier molecular flexibility index (Phi) is 5.50. The molecular weight excluding hydrogens is 260 g/mol. The number of aromatic nitrogens is 1. The lowest BCUT2D eigenvalue weighted by Crippen LogP contribution is -2.19. The molecule has 0 amide bonds. The lowest BCUT2D eigenvalue weighted by Gasteiger charge is -2.16.